The highest BCUT2D eigenvalue weighted by Crippen LogP contribution is 2.55. The Balaban J connectivity index is 1.77. The molecule has 1 aromatic carbocycles. The van der Waals surface area contributed by atoms with Gasteiger partial charge in [-0.2, -0.15) is 13.2 Å². The Bertz CT molecular complexity index is 669. The molecule has 24 heavy (non-hydrogen) atoms. The highest BCUT2D eigenvalue weighted by atomic mass is 19.4. The summed E-state index contributed by atoms with van der Waals surface area (Å²) >= 11 is 0. The highest BCUT2D eigenvalue weighted by Gasteiger charge is 2.52. The molecule has 0 amide bonds. The molecule has 1 aliphatic heterocycles. The van der Waals surface area contributed by atoms with Crippen LogP contribution in [0.15, 0.2) is 18.2 Å². The van der Waals surface area contributed by atoms with Gasteiger partial charge in [0.1, 0.15) is 5.75 Å². The van der Waals surface area contributed by atoms with E-state index in [1.807, 2.05) is 6.07 Å². The maximum Gasteiger partial charge on any atom is 0.491 e. The summed E-state index contributed by atoms with van der Waals surface area (Å²) in [7, 11) is 0. The molecule has 2 aliphatic carbocycles. The van der Waals surface area contributed by atoms with Gasteiger partial charge in [0.15, 0.2) is 0 Å². The molecule has 3 aliphatic rings. The number of carbonyl (C=O) groups excluding carboxylic acids is 1. The molecule has 1 aromatic rings. The number of alkyl halides is 3. The number of fused-ring (bicyclic) bond motifs is 1. The van der Waals surface area contributed by atoms with E-state index in [0.717, 1.165) is 43.4 Å². The molecular weight excluding hydrogens is 319 g/mol. The topological polar surface area (TPSA) is 38.3 Å². The van der Waals surface area contributed by atoms with Gasteiger partial charge in [-0.1, -0.05) is 25.0 Å². The van der Waals surface area contributed by atoms with Crippen molar-refractivity contribution in [1.82, 2.24) is 5.32 Å². The third kappa shape index (κ3) is 2.34. The summed E-state index contributed by atoms with van der Waals surface area (Å²) < 4.78 is 42.5. The average Bonchev–Trinajstić information content (AvgIpc) is 2.54. The fraction of sp³-hybridized carbons (Fsp3) is 0.611. The summed E-state index contributed by atoms with van der Waals surface area (Å²) in [4.78, 5) is 11.3. The first kappa shape index (κ1) is 15.9. The molecule has 0 spiro atoms. The average molecular weight is 339 g/mol. The predicted molar refractivity (Wildman–Crippen MR) is 81.9 cm³/mol. The highest BCUT2D eigenvalue weighted by molar-refractivity contribution is 5.78. The molecule has 1 saturated carbocycles. The molecule has 3 nitrogen and oxygen atoms in total. The van der Waals surface area contributed by atoms with Crippen molar-refractivity contribution in [3.05, 3.63) is 29.3 Å². The zero-order chi connectivity index (χ0) is 16.9. The monoisotopic (exact) mass is 339 g/mol. The van der Waals surface area contributed by atoms with Crippen LogP contribution in [0.4, 0.5) is 13.2 Å². The number of halogens is 3. The van der Waals surface area contributed by atoms with Gasteiger partial charge in [-0.3, -0.25) is 0 Å². The second-order valence-electron chi connectivity index (χ2n) is 7.19. The maximum atomic E-state index is 12.6. The standard InChI is InChI=1S/C18H20F3NO2/c19-18(20,21)16(23)24-15-6-3-5-12-11(15)10-14-13-4-1-2-7-17(12,13)8-9-22-14/h3,5-6,13-14,22H,1-2,4,7-10H2/t13-,14+,17-/m0/s1. The van der Waals surface area contributed by atoms with Gasteiger partial charge in [-0.25, -0.2) is 4.79 Å². The second kappa shape index (κ2) is 5.48. The van der Waals surface area contributed by atoms with E-state index >= 15 is 0 Å². The van der Waals surface area contributed by atoms with E-state index in [0.29, 0.717) is 12.3 Å². The van der Waals surface area contributed by atoms with Crippen LogP contribution in [0.3, 0.4) is 0 Å². The van der Waals surface area contributed by atoms with Crippen LogP contribution in [0.25, 0.3) is 0 Å². The quantitative estimate of drug-likeness (QED) is 0.629. The molecule has 3 atom stereocenters. The third-order valence-corrected chi connectivity index (χ3v) is 6.09. The van der Waals surface area contributed by atoms with Crippen molar-refractivity contribution in [2.75, 3.05) is 6.54 Å². The van der Waals surface area contributed by atoms with Gasteiger partial charge in [0.25, 0.3) is 0 Å². The zero-order valence-electron chi connectivity index (χ0n) is 13.3. The second-order valence-corrected chi connectivity index (χ2v) is 7.19. The number of hydrogen-bond acceptors (Lipinski definition) is 3. The smallest absolute Gasteiger partial charge is 0.420 e. The Labute approximate surface area is 138 Å². The van der Waals surface area contributed by atoms with Crippen LogP contribution < -0.4 is 10.1 Å². The summed E-state index contributed by atoms with van der Waals surface area (Å²) in [6.45, 7) is 0.938. The molecule has 0 unspecified atom stereocenters. The van der Waals surface area contributed by atoms with E-state index in [1.165, 1.54) is 12.5 Å². The Hall–Kier alpha value is -1.56. The maximum absolute atomic E-state index is 12.6. The predicted octanol–water partition coefficient (Wildman–Crippen LogP) is 3.50. The number of piperidine rings is 1. The molecule has 4 rings (SSSR count). The summed E-state index contributed by atoms with van der Waals surface area (Å²) in [5.74, 6) is -1.54. The Morgan fingerprint density at radius 2 is 2.08 bits per heavy atom. The van der Waals surface area contributed by atoms with Crippen molar-refractivity contribution in [3.63, 3.8) is 0 Å². The zero-order valence-corrected chi connectivity index (χ0v) is 13.3. The fourth-order valence-electron chi connectivity index (χ4n) is 5.19. The van der Waals surface area contributed by atoms with Crippen LogP contribution >= 0.6 is 0 Å². The summed E-state index contributed by atoms with van der Waals surface area (Å²) in [5.41, 5.74) is 1.92. The molecule has 1 heterocycles. The van der Waals surface area contributed by atoms with Crippen molar-refractivity contribution in [3.8, 4) is 5.75 Å². The lowest BCUT2D eigenvalue weighted by molar-refractivity contribution is -0.189. The van der Waals surface area contributed by atoms with Gasteiger partial charge in [0.05, 0.1) is 0 Å². The van der Waals surface area contributed by atoms with Crippen LogP contribution in [0.5, 0.6) is 5.75 Å². The first-order valence-corrected chi connectivity index (χ1v) is 8.56. The fourth-order valence-corrected chi connectivity index (χ4v) is 5.19. The summed E-state index contributed by atoms with van der Waals surface area (Å²) in [6.07, 6.45) is 1.24. The van der Waals surface area contributed by atoms with Crippen LogP contribution in [0.2, 0.25) is 0 Å². The van der Waals surface area contributed by atoms with Gasteiger partial charge in [-0.15, -0.1) is 0 Å². The number of rotatable bonds is 1. The lowest BCUT2D eigenvalue weighted by Gasteiger charge is -2.56. The van der Waals surface area contributed by atoms with Gasteiger partial charge in [-0.05, 0) is 49.8 Å². The SMILES string of the molecule is O=C(Oc1cccc2c1C[C@H]1NCC[C@@]23CCCC[C@@H]13)C(F)(F)F. The number of benzene rings is 1. The van der Waals surface area contributed by atoms with Gasteiger partial charge in [0.2, 0.25) is 0 Å². The van der Waals surface area contributed by atoms with E-state index in [4.69, 9.17) is 4.74 Å². The molecule has 130 valence electrons. The van der Waals surface area contributed by atoms with Crippen LogP contribution in [0, 0.1) is 5.92 Å². The Kier molecular flexibility index (Phi) is 3.64. The molecule has 1 N–H and O–H groups in total. The molecule has 2 fully saturated rings. The van der Waals surface area contributed by atoms with Crippen LogP contribution in [0.1, 0.15) is 43.2 Å². The summed E-state index contributed by atoms with van der Waals surface area (Å²) in [5, 5.41) is 3.53. The molecule has 0 radical (unpaired) electrons. The number of carbonyl (C=O) groups is 1. The van der Waals surface area contributed by atoms with Gasteiger partial charge < -0.3 is 10.1 Å². The molecule has 6 heteroatoms. The minimum absolute atomic E-state index is 0.0302. The van der Waals surface area contributed by atoms with E-state index in [2.05, 4.69) is 5.32 Å². The van der Waals surface area contributed by atoms with Crippen molar-refractivity contribution in [2.24, 2.45) is 5.92 Å². The van der Waals surface area contributed by atoms with Gasteiger partial charge >= 0.3 is 12.1 Å². The number of esters is 1. The number of ether oxygens (including phenoxy) is 1. The van der Waals surface area contributed by atoms with E-state index in [1.54, 1.807) is 6.07 Å². The number of hydrogen-bond donors (Lipinski definition) is 1. The van der Waals surface area contributed by atoms with Crippen molar-refractivity contribution >= 4 is 5.97 Å². The summed E-state index contributed by atoms with van der Waals surface area (Å²) in [6, 6.07) is 5.50. The van der Waals surface area contributed by atoms with Crippen molar-refractivity contribution in [1.29, 1.82) is 0 Å². The van der Waals surface area contributed by atoms with Crippen molar-refractivity contribution in [2.45, 2.75) is 56.2 Å². The van der Waals surface area contributed by atoms with E-state index < -0.39 is 12.1 Å². The van der Waals surface area contributed by atoms with E-state index in [-0.39, 0.29) is 17.2 Å². The minimum Gasteiger partial charge on any atom is -0.420 e. The first-order chi connectivity index (χ1) is 11.4. The molecular formula is C18H20F3NO2. The lowest BCUT2D eigenvalue weighted by atomic mass is 9.53. The van der Waals surface area contributed by atoms with E-state index in [9.17, 15) is 18.0 Å². The van der Waals surface area contributed by atoms with Gasteiger partial charge in [0, 0.05) is 17.0 Å². The molecule has 0 aromatic heterocycles. The lowest BCUT2D eigenvalue weighted by Crippen LogP contribution is -2.59. The van der Waals surface area contributed by atoms with Crippen LogP contribution in [-0.4, -0.2) is 24.7 Å². The largest absolute Gasteiger partial charge is 0.491 e. The number of nitrogens with one attached hydrogen (secondary N) is 1. The Morgan fingerprint density at radius 3 is 2.88 bits per heavy atom. The molecule has 2 bridgehead atoms. The molecule has 1 saturated heterocycles. The normalized spacial score (nSPS) is 31.8. The van der Waals surface area contributed by atoms with Crippen molar-refractivity contribution < 1.29 is 22.7 Å². The first-order valence-electron chi connectivity index (χ1n) is 8.56. The van der Waals surface area contributed by atoms with Crippen LogP contribution in [-0.2, 0) is 16.6 Å². The third-order valence-electron chi connectivity index (χ3n) is 6.09. The Morgan fingerprint density at radius 1 is 1.25 bits per heavy atom. The minimum atomic E-state index is -4.98.